The van der Waals surface area contributed by atoms with E-state index in [1.54, 1.807) is 0 Å². The number of hydrogen-bond donors (Lipinski definition) is 0. The van der Waals surface area contributed by atoms with Gasteiger partial charge in [-0.1, -0.05) is 0 Å². The number of alkyl halides is 2. The van der Waals surface area contributed by atoms with E-state index >= 15 is 0 Å². The van der Waals surface area contributed by atoms with Crippen LogP contribution in [0.1, 0.15) is 12.1 Å². The van der Waals surface area contributed by atoms with Crippen molar-refractivity contribution < 1.29 is 22.1 Å². The zero-order valence-electron chi connectivity index (χ0n) is 7.60. The zero-order chi connectivity index (χ0) is 13.4. The van der Waals surface area contributed by atoms with Crippen molar-refractivity contribution in [2.24, 2.45) is 0 Å². The lowest BCUT2D eigenvalue weighted by atomic mass is 10.3. The molecule has 0 bridgehead atoms. The molecule has 1 aromatic rings. The SMILES string of the molecule is O=[N+]([O-])c1c(S(=O)(=O)Cl)cnc(C(F)F)c1I. The van der Waals surface area contributed by atoms with Crippen molar-refractivity contribution in [3.05, 3.63) is 25.6 Å². The topological polar surface area (TPSA) is 90.2 Å². The van der Waals surface area contributed by atoms with Crippen molar-refractivity contribution in [2.45, 2.75) is 11.3 Å². The number of pyridine rings is 1. The normalized spacial score (nSPS) is 11.8. The second-order valence-corrected chi connectivity index (χ2v) is 6.28. The molecule has 0 aromatic carbocycles. The summed E-state index contributed by atoms with van der Waals surface area (Å²) in [6.45, 7) is 0. The van der Waals surface area contributed by atoms with Gasteiger partial charge in [0.25, 0.3) is 15.5 Å². The number of nitro groups is 1. The Kier molecular flexibility index (Phi) is 4.19. The van der Waals surface area contributed by atoms with Crippen LogP contribution >= 0.6 is 33.3 Å². The van der Waals surface area contributed by atoms with Gasteiger partial charge in [-0.2, -0.15) is 0 Å². The summed E-state index contributed by atoms with van der Waals surface area (Å²) in [6.07, 6.45) is -2.60. The van der Waals surface area contributed by atoms with Crippen molar-refractivity contribution in [1.29, 1.82) is 0 Å². The Bertz CT molecular complexity index is 580. The van der Waals surface area contributed by atoms with Gasteiger partial charge >= 0.3 is 5.69 Å². The molecule has 0 saturated heterocycles. The van der Waals surface area contributed by atoms with Gasteiger partial charge in [-0.05, 0) is 22.6 Å². The Morgan fingerprint density at radius 1 is 1.53 bits per heavy atom. The third kappa shape index (κ3) is 2.98. The molecular weight excluding hydrogens is 396 g/mol. The Balaban J connectivity index is 3.69. The molecule has 1 heterocycles. The van der Waals surface area contributed by atoms with Crippen molar-refractivity contribution in [1.82, 2.24) is 4.98 Å². The molecule has 0 unspecified atom stereocenters. The number of rotatable bonds is 3. The van der Waals surface area contributed by atoms with Crippen LogP contribution in [0.2, 0.25) is 0 Å². The van der Waals surface area contributed by atoms with E-state index in [1.807, 2.05) is 0 Å². The van der Waals surface area contributed by atoms with Gasteiger partial charge < -0.3 is 0 Å². The van der Waals surface area contributed by atoms with Gasteiger partial charge in [0.1, 0.15) is 9.26 Å². The van der Waals surface area contributed by atoms with E-state index < -0.39 is 40.2 Å². The zero-order valence-corrected chi connectivity index (χ0v) is 11.3. The van der Waals surface area contributed by atoms with Crippen molar-refractivity contribution in [3.63, 3.8) is 0 Å². The molecule has 0 atom stereocenters. The molecule has 0 aliphatic carbocycles. The first-order chi connectivity index (χ1) is 7.66. The molecule has 0 radical (unpaired) electrons. The molecule has 1 rings (SSSR count). The third-order valence-corrected chi connectivity index (χ3v) is 4.03. The molecule has 1 aromatic heterocycles. The lowest BCUT2D eigenvalue weighted by molar-refractivity contribution is -0.389. The highest BCUT2D eigenvalue weighted by Crippen LogP contribution is 2.35. The fourth-order valence-electron chi connectivity index (χ4n) is 0.976. The second-order valence-electron chi connectivity index (χ2n) is 2.67. The lowest BCUT2D eigenvalue weighted by Gasteiger charge is -2.05. The van der Waals surface area contributed by atoms with E-state index in [0.29, 0.717) is 6.20 Å². The predicted molar refractivity (Wildman–Crippen MR) is 61.6 cm³/mol. The smallest absolute Gasteiger partial charge is 0.258 e. The number of aromatic nitrogens is 1. The first-order valence-corrected chi connectivity index (χ1v) is 7.10. The molecule has 0 spiro atoms. The fraction of sp³-hybridized carbons (Fsp3) is 0.167. The van der Waals surface area contributed by atoms with Crippen LogP contribution in [0.3, 0.4) is 0 Å². The summed E-state index contributed by atoms with van der Waals surface area (Å²) in [5, 5.41) is 10.7. The minimum atomic E-state index is -4.43. The molecule has 0 N–H and O–H groups in total. The highest BCUT2D eigenvalue weighted by Gasteiger charge is 2.32. The first-order valence-electron chi connectivity index (χ1n) is 3.72. The van der Waals surface area contributed by atoms with Crippen LogP contribution in [0.4, 0.5) is 14.5 Å². The average molecular weight is 399 g/mol. The quantitative estimate of drug-likeness (QED) is 0.338. The summed E-state index contributed by atoms with van der Waals surface area (Å²) < 4.78 is 46.3. The second kappa shape index (κ2) is 4.94. The van der Waals surface area contributed by atoms with Crippen molar-refractivity contribution in [3.8, 4) is 0 Å². The van der Waals surface area contributed by atoms with E-state index in [2.05, 4.69) is 4.98 Å². The minimum absolute atomic E-state index is 0.449. The van der Waals surface area contributed by atoms with Gasteiger partial charge in [0.2, 0.25) is 0 Å². The summed E-state index contributed by atoms with van der Waals surface area (Å²) >= 11 is 1.23. The maximum absolute atomic E-state index is 12.4. The number of halogens is 4. The largest absolute Gasteiger partial charge is 0.306 e. The predicted octanol–water partition coefficient (Wildman–Crippen LogP) is 2.46. The molecule has 11 heteroatoms. The Morgan fingerprint density at radius 3 is 2.41 bits per heavy atom. The van der Waals surface area contributed by atoms with E-state index in [-0.39, 0.29) is 0 Å². The third-order valence-electron chi connectivity index (χ3n) is 1.64. The molecular formula is C6H2ClF2IN2O4S. The maximum atomic E-state index is 12.4. The van der Waals surface area contributed by atoms with Crippen LogP contribution in [0.15, 0.2) is 11.1 Å². The van der Waals surface area contributed by atoms with Crippen LogP contribution in [-0.2, 0) is 9.05 Å². The minimum Gasteiger partial charge on any atom is -0.258 e. The molecule has 0 aliphatic rings. The van der Waals surface area contributed by atoms with E-state index in [4.69, 9.17) is 10.7 Å². The summed E-state index contributed by atoms with van der Waals surface area (Å²) in [4.78, 5) is 11.8. The Labute approximate surface area is 112 Å². The van der Waals surface area contributed by atoms with E-state index in [9.17, 15) is 27.3 Å². The molecule has 94 valence electrons. The van der Waals surface area contributed by atoms with E-state index in [0.717, 1.165) is 0 Å². The molecule has 6 nitrogen and oxygen atoms in total. The molecule has 0 aliphatic heterocycles. The van der Waals surface area contributed by atoms with Crippen LogP contribution < -0.4 is 0 Å². The van der Waals surface area contributed by atoms with Gasteiger partial charge in [-0.3, -0.25) is 15.1 Å². The number of hydrogen-bond acceptors (Lipinski definition) is 5. The summed E-state index contributed by atoms with van der Waals surface area (Å²) in [5.41, 5.74) is -1.85. The van der Waals surface area contributed by atoms with Gasteiger partial charge in [0.15, 0.2) is 4.90 Å². The fourth-order valence-corrected chi connectivity index (χ4v) is 2.95. The van der Waals surface area contributed by atoms with Crippen LogP contribution in [0, 0.1) is 13.7 Å². The van der Waals surface area contributed by atoms with Gasteiger partial charge in [-0.15, -0.1) is 0 Å². The molecule has 0 fully saturated rings. The Morgan fingerprint density at radius 2 is 2.06 bits per heavy atom. The number of nitrogens with zero attached hydrogens (tertiary/aromatic N) is 2. The van der Waals surface area contributed by atoms with Crippen molar-refractivity contribution in [2.75, 3.05) is 0 Å². The average Bonchev–Trinajstić information content (AvgIpc) is 2.14. The Hall–Kier alpha value is -0.620. The monoisotopic (exact) mass is 398 g/mol. The first kappa shape index (κ1) is 14.4. The highest BCUT2D eigenvalue weighted by molar-refractivity contribution is 14.1. The van der Waals surface area contributed by atoms with E-state index in [1.165, 1.54) is 22.6 Å². The summed E-state index contributed by atoms with van der Waals surface area (Å²) in [7, 11) is 0.524. The van der Waals surface area contributed by atoms with Crippen LogP contribution in [0.25, 0.3) is 0 Å². The standard InChI is InChI=1S/C6H2ClF2IN2O4S/c7-17(15,16)2-1-11-4(6(8)9)3(10)5(2)12(13)14/h1,6H. The summed E-state index contributed by atoms with van der Waals surface area (Å²) in [5.74, 6) is 0. The van der Waals surface area contributed by atoms with Gasteiger partial charge in [0.05, 0.1) is 11.1 Å². The van der Waals surface area contributed by atoms with Gasteiger partial charge in [-0.25, -0.2) is 17.2 Å². The van der Waals surface area contributed by atoms with Gasteiger partial charge in [0, 0.05) is 10.7 Å². The van der Waals surface area contributed by atoms with Crippen LogP contribution in [-0.4, -0.2) is 18.3 Å². The maximum Gasteiger partial charge on any atom is 0.306 e. The highest BCUT2D eigenvalue weighted by atomic mass is 127. The molecule has 0 saturated carbocycles. The summed E-state index contributed by atoms with van der Waals surface area (Å²) in [6, 6.07) is 0. The lowest BCUT2D eigenvalue weighted by Crippen LogP contribution is -2.06. The van der Waals surface area contributed by atoms with Crippen LogP contribution in [0.5, 0.6) is 0 Å². The van der Waals surface area contributed by atoms with Crippen molar-refractivity contribution >= 4 is 48.0 Å². The molecule has 0 amide bonds. The molecule has 17 heavy (non-hydrogen) atoms.